The molecule has 0 amide bonds. The van der Waals surface area contributed by atoms with Gasteiger partial charge in [-0.05, 0) is 51.0 Å². The molecule has 1 aliphatic rings. The average molecular weight is 243 g/mol. The maximum absolute atomic E-state index is 6.06. The largest absolute Gasteiger partial charge is 0.397 e. The van der Waals surface area contributed by atoms with E-state index in [0.29, 0.717) is 0 Å². The van der Waals surface area contributed by atoms with Crippen molar-refractivity contribution in [2.45, 2.75) is 25.8 Å². The highest BCUT2D eigenvalue weighted by molar-refractivity contribution is 5.90. The van der Waals surface area contributed by atoms with Gasteiger partial charge in [0.15, 0.2) is 0 Å². The van der Waals surface area contributed by atoms with E-state index in [4.69, 9.17) is 5.73 Å². The highest BCUT2D eigenvalue weighted by atomic mass is 15.1. The molecule has 1 fully saturated rings. The molecule has 0 bridgehead atoms. The zero-order valence-corrected chi connectivity index (χ0v) is 10.8. The zero-order chi connectivity index (χ0) is 12.4. The van der Waals surface area contributed by atoms with E-state index < -0.39 is 0 Å². The second-order valence-electron chi connectivity index (χ2n) is 5.20. The van der Waals surface area contributed by atoms with Crippen LogP contribution in [0.2, 0.25) is 0 Å². The summed E-state index contributed by atoms with van der Waals surface area (Å²) in [5.41, 5.74) is 8.15. The van der Waals surface area contributed by atoms with Crippen LogP contribution in [0.3, 0.4) is 0 Å². The molecule has 1 saturated heterocycles. The fourth-order valence-electron chi connectivity index (χ4n) is 2.95. The molecule has 18 heavy (non-hydrogen) atoms. The van der Waals surface area contributed by atoms with E-state index in [1.165, 1.54) is 49.8 Å². The Hall–Kier alpha value is -1.48. The van der Waals surface area contributed by atoms with Crippen molar-refractivity contribution < 1.29 is 0 Å². The SMILES string of the molecule is Nc1cccc2ccn(CCCN3CCCC3)c12. The van der Waals surface area contributed by atoms with Crippen molar-refractivity contribution in [1.82, 2.24) is 9.47 Å². The Kier molecular flexibility index (Phi) is 3.24. The van der Waals surface area contributed by atoms with Crippen LogP contribution >= 0.6 is 0 Å². The minimum Gasteiger partial charge on any atom is -0.397 e. The number of rotatable bonds is 4. The average Bonchev–Trinajstić information content (AvgIpc) is 3.00. The number of likely N-dealkylation sites (tertiary alicyclic amines) is 1. The number of nitrogens with two attached hydrogens (primary N) is 1. The van der Waals surface area contributed by atoms with Gasteiger partial charge < -0.3 is 15.2 Å². The van der Waals surface area contributed by atoms with Gasteiger partial charge in [-0.1, -0.05) is 12.1 Å². The van der Waals surface area contributed by atoms with Crippen molar-refractivity contribution in [3.8, 4) is 0 Å². The summed E-state index contributed by atoms with van der Waals surface area (Å²) < 4.78 is 2.29. The summed E-state index contributed by atoms with van der Waals surface area (Å²) in [6.07, 6.45) is 6.11. The van der Waals surface area contributed by atoms with Crippen LogP contribution in [-0.2, 0) is 6.54 Å². The van der Waals surface area contributed by atoms with Crippen LogP contribution in [0, 0.1) is 0 Å². The van der Waals surface area contributed by atoms with Gasteiger partial charge in [0.05, 0.1) is 11.2 Å². The zero-order valence-electron chi connectivity index (χ0n) is 10.8. The molecular formula is C15H21N3. The molecule has 0 spiro atoms. The molecule has 3 heteroatoms. The Balaban J connectivity index is 1.67. The number of aryl methyl sites for hydroxylation is 1. The van der Waals surface area contributed by atoms with Crippen LogP contribution in [0.25, 0.3) is 10.9 Å². The third-order valence-corrected chi connectivity index (χ3v) is 3.89. The smallest absolute Gasteiger partial charge is 0.0713 e. The van der Waals surface area contributed by atoms with Crippen molar-refractivity contribution in [1.29, 1.82) is 0 Å². The van der Waals surface area contributed by atoms with Crippen molar-refractivity contribution in [2.24, 2.45) is 0 Å². The highest BCUT2D eigenvalue weighted by Gasteiger charge is 2.11. The Morgan fingerprint density at radius 3 is 2.72 bits per heavy atom. The van der Waals surface area contributed by atoms with Crippen LogP contribution in [0.15, 0.2) is 30.5 Å². The second-order valence-corrected chi connectivity index (χ2v) is 5.20. The van der Waals surface area contributed by atoms with Gasteiger partial charge >= 0.3 is 0 Å². The second kappa shape index (κ2) is 5.02. The fourth-order valence-corrected chi connectivity index (χ4v) is 2.95. The minimum atomic E-state index is 0.888. The molecule has 1 aromatic carbocycles. The quantitative estimate of drug-likeness (QED) is 0.838. The summed E-state index contributed by atoms with van der Waals surface area (Å²) in [6, 6.07) is 8.29. The van der Waals surface area contributed by atoms with Gasteiger partial charge in [-0.15, -0.1) is 0 Å². The summed E-state index contributed by atoms with van der Waals surface area (Å²) in [7, 11) is 0. The maximum atomic E-state index is 6.06. The van der Waals surface area contributed by atoms with Crippen molar-refractivity contribution in [2.75, 3.05) is 25.4 Å². The molecule has 2 N–H and O–H groups in total. The summed E-state index contributed by atoms with van der Waals surface area (Å²) in [5, 5.41) is 1.25. The first kappa shape index (κ1) is 11.6. The van der Waals surface area contributed by atoms with E-state index in [-0.39, 0.29) is 0 Å². The molecule has 1 aliphatic heterocycles. The first-order valence-electron chi connectivity index (χ1n) is 6.90. The Labute approximate surface area is 108 Å². The van der Waals surface area contributed by atoms with Crippen LogP contribution in [-0.4, -0.2) is 29.1 Å². The van der Waals surface area contributed by atoms with Crippen molar-refractivity contribution in [3.05, 3.63) is 30.5 Å². The molecule has 3 rings (SSSR count). The fraction of sp³-hybridized carbons (Fsp3) is 0.467. The number of anilines is 1. The molecule has 0 aliphatic carbocycles. The van der Waals surface area contributed by atoms with Gasteiger partial charge in [0, 0.05) is 18.1 Å². The topological polar surface area (TPSA) is 34.2 Å². The Bertz CT molecular complexity index is 524. The normalized spacial score (nSPS) is 16.7. The van der Waals surface area contributed by atoms with E-state index in [9.17, 15) is 0 Å². The highest BCUT2D eigenvalue weighted by Crippen LogP contribution is 2.22. The van der Waals surface area contributed by atoms with Gasteiger partial charge in [-0.2, -0.15) is 0 Å². The van der Waals surface area contributed by atoms with Gasteiger partial charge in [-0.25, -0.2) is 0 Å². The molecule has 2 aromatic rings. The lowest BCUT2D eigenvalue weighted by atomic mass is 10.2. The van der Waals surface area contributed by atoms with Crippen LogP contribution in [0.4, 0.5) is 5.69 Å². The number of nitrogens with zero attached hydrogens (tertiary/aromatic N) is 2. The number of para-hydroxylation sites is 1. The molecular weight excluding hydrogens is 222 g/mol. The monoisotopic (exact) mass is 243 g/mol. The van der Waals surface area contributed by atoms with Crippen molar-refractivity contribution in [3.63, 3.8) is 0 Å². The van der Waals surface area contributed by atoms with E-state index >= 15 is 0 Å². The number of hydrogen-bond acceptors (Lipinski definition) is 2. The standard InChI is InChI=1S/C15H21N3/c16-14-6-3-5-13-7-12-18(15(13)14)11-4-10-17-8-1-2-9-17/h3,5-7,12H,1-2,4,8-11,16H2. The lowest BCUT2D eigenvalue weighted by Crippen LogP contribution is -2.21. The third-order valence-electron chi connectivity index (χ3n) is 3.89. The number of benzene rings is 1. The lowest BCUT2D eigenvalue weighted by molar-refractivity contribution is 0.326. The summed E-state index contributed by atoms with van der Waals surface area (Å²) in [5.74, 6) is 0. The predicted molar refractivity (Wildman–Crippen MR) is 76.6 cm³/mol. The van der Waals surface area contributed by atoms with Gasteiger partial charge in [0.1, 0.15) is 0 Å². The van der Waals surface area contributed by atoms with E-state index in [2.05, 4.69) is 27.8 Å². The summed E-state index contributed by atoms with van der Waals surface area (Å²) in [6.45, 7) is 4.85. The Morgan fingerprint density at radius 2 is 1.89 bits per heavy atom. The van der Waals surface area contributed by atoms with Crippen LogP contribution in [0.5, 0.6) is 0 Å². The van der Waals surface area contributed by atoms with E-state index in [1.54, 1.807) is 0 Å². The first-order chi connectivity index (χ1) is 8.84. The maximum Gasteiger partial charge on any atom is 0.0713 e. The third kappa shape index (κ3) is 2.23. The van der Waals surface area contributed by atoms with Crippen molar-refractivity contribution >= 4 is 16.6 Å². The predicted octanol–water partition coefficient (Wildman–Crippen LogP) is 2.71. The molecule has 3 nitrogen and oxygen atoms in total. The van der Waals surface area contributed by atoms with Gasteiger partial charge in [0.2, 0.25) is 0 Å². The molecule has 1 aromatic heterocycles. The molecule has 0 radical (unpaired) electrons. The molecule has 0 saturated carbocycles. The van der Waals surface area contributed by atoms with Crippen LogP contribution < -0.4 is 5.73 Å². The number of fused-ring (bicyclic) bond motifs is 1. The summed E-state index contributed by atoms with van der Waals surface area (Å²) in [4.78, 5) is 2.56. The van der Waals surface area contributed by atoms with Gasteiger partial charge in [-0.3, -0.25) is 0 Å². The number of aromatic nitrogens is 1. The first-order valence-corrected chi connectivity index (χ1v) is 6.90. The molecule has 0 atom stereocenters. The van der Waals surface area contributed by atoms with Crippen LogP contribution in [0.1, 0.15) is 19.3 Å². The minimum absolute atomic E-state index is 0.888. The molecule has 2 heterocycles. The number of nitrogen functional groups attached to an aromatic ring is 1. The Morgan fingerprint density at radius 1 is 1.06 bits per heavy atom. The molecule has 96 valence electrons. The van der Waals surface area contributed by atoms with E-state index in [1.807, 2.05) is 12.1 Å². The molecule has 0 unspecified atom stereocenters. The summed E-state index contributed by atoms with van der Waals surface area (Å²) >= 11 is 0. The lowest BCUT2D eigenvalue weighted by Gasteiger charge is -2.15. The van der Waals surface area contributed by atoms with E-state index in [0.717, 1.165) is 12.2 Å². The van der Waals surface area contributed by atoms with Gasteiger partial charge in [0.25, 0.3) is 0 Å². The number of hydrogen-bond donors (Lipinski definition) is 1.